The van der Waals surface area contributed by atoms with Crippen LogP contribution in [0.25, 0.3) is 0 Å². The maximum absolute atomic E-state index is 6.25. The third-order valence-electron chi connectivity index (χ3n) is 0. The summed E-state index contributed by atoms with van der Waals surface area (Å²) in [6, 6.07) is 0. The van der Waals surface area contributed by atoms with E-state index in [1.54, 1.807) is 0 Å². The molecule has 0 saturated heterocycles. The van der Waals surface area contributed by atoms with Crippen LogP contribution < -0.4 is 0 Å². The number of nitrogens with zero attached hydrogens (tertiary/aromatic N) is 2. The van der Waals surface area contributed by atoms with Crippen molar-refractivity contribution >= 4 is 0 Å². The number of hydrogen-bond donors (Lipinski definition) is 0. The Morgan fingerprint density at radius 2 is 0.833 bits per heavy atom. The molecule has 1 radical (unpaired) electrons. The van der Waals surface area contributed by atoms with E-state index in [1.807, 2.05) is 0 Å². The largest absolute Gasteiger partial charge is 2.00 e. The molecule has 0 aliphatic rings. The zero-order valence-electron chi connectivity index (χ0n) is 2.63. The summed E-state index contributed by atoms with van der Waals surface area (Å²) in [4.78, 5) is 0. The predicted molar refractivity (Wildman–Crippen MR) is 9.94 cm³/mol. The topological polar surface area (TPSA) is 47.6 Å². The van der Waals surface area contributed by atoms with E-state index >= 15 is 0 Å². The zero-order valence-corrected chi connectivity index (χ0v) is 4.91. The average molecular weight is 163 g/mol. The second kappa shape index (κ2) is 225000. The van der Waals surface area contributed by atoms with Crippen LogP contribution in [-0.4, -0.2) is 0 Å². The Kier molecular flexibility index (Phi) is 1400000. The molecule has 0 spiro atoms. The van der Waals surface area contributed by atoms with Gasteiger partial charge in [0.1, 0.15) is 0 Å². The molecule has 0 aliphatic carbocycles. The molecule has 0 saturated carbocycles. The van der Waals surface area contributed by atoms with Gasteiger partial charge in [-0.2, -0.15) is 0 Å². The van der Waals surface area contributed by atoms with Gasteiger partial charge in [0.2, 0.25) is 0 Å². The van der Waals surface area contributed by atoms with E-state index in [2.05, 4.69) is 0 Å². The maximum Gasteiger partial charge on any atom is 2.00 e. The van der Waals surface area contributed by atoms with Crippen molar-refractivity contribution in [3.8, 4) is 0 Å². The SMILES string of the molecule is [C-]#N.[C-]#N.[Fe+2].[Mn]. The van der Waals surface area contributed by atoms with Crippen molar-refractivity contribution < 1.29 is 34.1 Å². The van der Waals surface area contributed by atoms with Crippen molar-refractivity contribution in [1.29, 1.82) is 10.5 Å². The zero-order chi connectivity index (χ0) is 4.00. The maximum atomic E-state index is 6.25. The van der Waals surface area contributed by atoms with E-state index in [1.165, 1.54) is 0 Å². The van der Waals surface area contributed by atoms with Crippen LogP contribution in [-0.2, 0) is 34.1 Å². The Balaban J connectivity index is -0.00000000500. The van der Waals surface area contributed by atoms with E-state index in [0.717, 1.165) is 0 Å². The fourth-order valence-electron chi connectivity index (χ4n) is 0. The van der Waals surface area contributed by atoms with Gasteiger partial charge in [0.15, 0.2) is 0 Å². The van der Waals surface area contributed by atoms with Crippen molar-refractivity contribution in [2.24, 2.45) is 0 Å². The summed E-state index contributed by atoms with van der Waals surface area (Å²) in [5, 5.41) is 12.5. The Hall–Kier alpha value is 0.0190. The molecule has 0 aliphatic heterocycles. The molecule has 0 aromatic heterocycles. The normalized spacial score (nSPS) is 0.667. The van der Waals surface area contributed by atoms with Gasteiger partial charge in [0.25, 0.3) is 0 Å². The monoisotopic (exact) mass is 163 g/mol. The minimum Gasteiger partial charge on any atom is -0.512 e. The summed E-state index contributed by atoms with van der Waals surface area (Å²) in [7, 11) is 0. The third-order valence-corrected chi connectivity index (χ3v) is 0. The van der Waals surface area contributed by atoms with Crippen LogP contribution in [0.3, 0.4) is 0 Å². The molecule has 0 bridgehead atoms. The van der Waals surface area contributed by atoms with Crippen molar-refractivity contribution in [2.45, 2.75) is 0 Å². The molecule has 0 atom stereocenters. The molecule has 0 N–H and O–H groups in total. The fraction of sp³-hybridized carbons (Fsp3) is 0. The second-order valence-electron chi connectivity index (χ2n) is 0. The summed E-state index contributed by atoms with van der Waals surface area (Å²) in [6.45, 7) is 9.50. The van der Waals surface area contributed by atoms with E-state index < -0.39 is 0 Å². The summed E-state index contributed by atoms with van der Waals surface area (Å²) in [6.07, 6.45) is 0. The van der Waals surface area contributed by atoms with Crippen molar-refractivity contribution in [3.05, 3.63) is 13.1 Å². The molecule has 0 unspecified atom stereocenters. The number of rotatable bonds is 0. The molecule has 33 valence electrons. The Bertz CT molecular complexity index is 27.0. The third kappa shape index (κ3) is 102000. The van der Waals surface area contributed by atoms with Crippen LogP contribution in [0.15, 0.2) is 0 Å². The molecule has 0 amide bonds. The molecule has 0 aromatic rings. The van der Waals surface area contributed by atoms with Gasteiger partial charge in [-0.15, -0.1) is 0 Å². The quantitative estimate of drug-likeness (QED) is 0.377. The minimum atomic E-state index is 0. The van der Waals surface area contributed by atoms with E-state index in [-0.39, 0.29) is 34.1 Å². The second-order valence-corrected chi connectivity index (χ2v) is 0. The summed E-state index contributed by atoms with van der Waals surface area (Å²) >= 11 is 0. The number of hydrogen-bond acceptors (Lipinski definition) is 2. The van der Waals surface area contributed by atoms with Crippen LogP contribution in [0.4, 0.5) is 0 Å². The predicted octanol–water partition coefficient (Wildman–Crippen LogP) is 0.188. The molecular weight excluding hydrogens is 163 g/mol. The molecule has 0 heterocycles. The molecule has 0 fully saturated rings. The first-order valence-electron chi connectivity index (χ1n) is 0.447. The Morgan fingerprint density at radius 3 is 0.833 bits per heavy atom. The summed E-state index contributed by atoms with van der Waals surface area (Å²) in [5.41, 5.74) is 0. The summed E-state index contributed by atoms with van der Waals surface area (Å²) in [5.74, 6) is 0. The first kappa shape index (κ1) is 37.2. The van der Waals surface area contributed by atoms with Crippen LogP contribution in [0.2, 0.25) is 0 Å². The van der Waals surface area contributed by atoms with Gasteiger partial charge in [-0.3, -0.25) is 0 Å². The summed E-state index contributed by atoms with van der Waals surface area (Å²) < 4.78 is 0. The molecular formula is C2FeMnN2. The molecule has 4 heteroatoms. The van der Waals surface area contributed by atoms with E-state index in [0.29, 0.717) is 0 Å². The van der Waals surface area contributed by atoms with Crippen molar-refractivity contribution in [3.63, 3.8) is 0 Å². The van der Waals surface area contributed by atoms with Gasteiger partial charge in [0, 0.05) is 17.1 Å². The van der Waals surface area contributed by atoms with Gasteiger partial charge in [0.05, 0.1) is 0 Å². The van der Waals surface area contributed by atoms with Crippen LogP contribution in [0.1, 0.15) is 0 Å². The average Bonchev–Trinajstić information content (AvgIpc) is 1.50. The molecule has 6 heavy (non-hydrogen) atoms. The van der Waals surface area contributed by atoms with Crippen LogP contribution in [0.5, 0.6) is 0 Å². The van der Waals surface area contributed by atoms with Crippen molar-refractivity contribution in [2.75, 3.05) is 0 Å². The Morgan fingerprint density at radius 1 is 0.833 bits per heavy atom. The van der Waals surface area contributed by atoms with E-state index in [9.17, 15) is 0 Å². The Labute approximate surface area is 58.1 Å². The van der Waals surface area contributed by atoms with Gasteiger partial charge >= 0.3 is 17.1 Å². The van der Waals surface area contributed by atoms with Gasteiger partial charge in [-0.05, 0) is 0 Å². The van der Waals surface area contributed by atoms with Gasteiger partial charge in [-0.25, -0.2) is 0 Å². The van der Waals surface area contributed by atoms with Gasteiger partial charge in [-0.1, -0.05) is 0 Å². The molecule has 0 aromatic carbocycles. The van der Waals surface area contributed by atoms with E-state index in [4.69, 9.17) is 23.7 Å². The first-order valence-corrected chi connectivity index (χ1v) is 0.447. The first-order chi connectivity index (χ1) is 2.00. The minimum absolute atomic E-state index is 0. The van der Waals surface area contributed by atoms with Crippen LogP contribution in [0, 0.1) is 23.7 Å². The van der Waals surface area contributed by atoms with Crippen molar-refractivity contribution in [1.82, 2.24) is 0 Å². The standard InChI is InChI=1S/2CN.Fe.Mn/c2*1-2;;/q2*-1;+2;. The van der Waals surface area contributed by atoms with Crippen LogP contribution >= 0.6 is 0 Å². The fourth-order valence-corrected chi connectivity index (χ4v) is 0. The smallest absolute Gasteiger partial charge is 0.512 e. The van der Waals surface area contributed by atoms with Gasteiger partial charge < -0.3 is 23.7 Å². The molecule has 0 rings (SSSR count). The molecule has 2 nitrogen and oxygen atoms in total.